The van der Waals surface area contributed by atoms with E-state index in [1.54, 1.807) is 28.1 Å². The Morgan fingerprint density at radius 1 is 1.10 bits per heavy atom. The summed E-state index contributed by atoms with van der Waals surface area (Å²) in [6.45, 7) is 11.5. The number of methoxy groups -OCH3 is 2. The number of allylic oxidation sites excluding steroid dienone is 1. The summed E-state index contributed by atoms with van der Waals surface area (Å²) in [5.41, 5.74) is 0.0813. The second kappa shape index (κ2) is 16.0. The third-order valence-corrected chi connectivity index (χ3v) is 4.35. The van der Waals surface area contributed by atoms with Crippen molar-refractivity contribution in [2.75, 3.05) is 27.6 Å². The Labute approximate surface area is 188 Å². The molecular weight excluding hydrogens is 400 g/mol. The van der Waals surface area contributed by atoms with Gasteiger partial charge in [-0.3, -0.25) is 4.79 Å². The Balaban J connectivity index is 4.83. The van der Waals surface area contributed by atoms with E-state index in [4.69, 9.17) is 23.7 Å². The first kappa shape index (κ1) is 29.3. The maximum atomic E-state index is 11.9. The molecule has 0 aliphatic heterocycles. The molecule has 7 nitrogen and oxygen atoms in total. The highest BCUT2D eigenvalue weighted by molar-refractivity contribution is 5.87. The molecule has 0 radical (unpaired) electrons. The fourth-order valence-electron chi connectivity index (χ4n) is 2.97. The lowest BCUT2D eigenvalue weighted by atomic mass is 9.96. The molecular formula is C24H42O7. The fraction of sp³-hybridized carbons (Fsp3) is 0.750. The van der Waals surface area contributed by atoms with Crippen LogP contribution in [0.3, 0.4) is 0 Å². The summed E-state index contributed by atoms with van der Waals surface area (Å²) in [6.07, 6.45) is 8.01. The summed E-state index contributed by atoms with van der Waals surface area (Å²) in [5, 5.41) is 0. The molecule has 31 heavy (non-hydrogen) atoms. The Morgan fingerprint density at radius 2 is 1.77 bits per heavy atom. The van der Waals surface area contributed by atoms with E-state index in [9.17, 15) is 9.59 Å². The molecule has 0 heterocycles. The Hall–Kier alpha value is -1.70. The minimum absolute atomic E-state index is 0.110. The fourth-order valence-corrected chi connectivity index (χ4v) is 2.97. The van der Waals surface area contributed by atoms with Crippen LogP contribution in [0.4, 0.5) is 0 Å². The van der Waals surface area contributed by atoms with Crippen LogP contribution in [0.25, 0.3) is 0 Å². The summed E-state index contributed by atoms with van der Waals surface area (Å²) < 4.78 is 26.9. The van der Waals surface area contributed by atoms with E-state index < -0.39 is 5.60 Å². The van der Waals surface area contributed by atoms with Gasteiger partial charge in [-0.05, 0) is 53.9 Å². The van der Waals surface area contributed by atoms with Crippen molar-refractivity contribution in [2.45, 2.75) is 85.0 Å². The standard InChI is InChI=1S/C24H42O7/c1-9-29-23(26)19(3)16-18(2)22(30-17-27-7)20(28-8)14-12-10-11-13-15-21(25)31-24(4,5)6/h12,14,16,18,20,22H,9-11,13,15,17H2,1-8H3/b14-12+,19-16+/t18-,20+,22+/m1/s1. The van der Waals surface area contributed by atoms with E-state index in [-0.39, 0.29) is 36.9 Å². The Bertz CT molecular complexity index is 575. The van der Waals surface area contributed by atoms with E-state index in [0.717, 1.165) is 19.3 Å². The van der Waals surface area contributed by atoms with Crippen molar-refractivity contribution >= 4 is 11.9 Å². The quantitative estimate of drug-likeness (QED) is 0.121. The molecule has 0 aromatic heterocycles. The van der Waals surface area contributed by atoms with Gasteiger partial charge in [-0.1, -0.05) is 25.2 Å². The molecule has 0 aliphatic carbocycles. The number of esters is 2. The highest BCUT2D eigenvalue weighted by Gasteiger charge is 2.26. The van der Waals surface area contributed by atoms with Crippen molar-refractivity contribution in [1.82, 2.24) is 0 Å². The number of rotatable bonds is 15. The molecule has 0 unspecified atom stereocenters. The second-order valence-electron chi connectivity index (χ2n) is 8.43. The monoisotopic (exact) mass is 442 g/mol. The smallest absolute Gasteiger partial charge is 0.333 e. The lowest BCUT2D eigenvalue weighted by molar-refractivity contribution is -0.155. The van der Waals surface area contributed by atoms with E-state index in [2.05, 4.69) is 0 Å². The molecule has 0 saturated heterocycles. The molecule has 3 atom stereocenters. The lowest BCUT2D eigenvalue weighted by Gasteiger charge is -2.28. The number of carbonyl (C=O) groups excluding carboxylic acids is 2. The maximum absolute atomic E-state index is 11.9. The molecule has 7 heteroatoms. The van der Waals surface area contributed by atoms with Crippen LogP contribution >= 0.6 is 0 Å². The van der Waals surface area contributed by atoms with Gasteiger partial charge in [0.25, 0.3) is 0 Å². The number of hydrogen-bond donors (Lipinski definition) is 0. The van der Waals surface area contributed by atoms with Crippen LogP contribution in [0.1, 0.15) is 67.2 Å². The molecule has 0 N–H and O–H groups in total. The predicted octanol–water partition coefficient (Wildman–Crippen LogP) is 4.59. The molecule has 0 amide bonds. The second-order valence-corrected chi connectivity index (χ2v) is 8.43. The third-order valence-electron chi connectivity index (χ3n) is 4.35. The van der Waals surface area contributed by atoms with Gasteiger partial charge in [-0.2, -0.15) is 0 Å². The van der Waals surface area contributed by atoms with Crippen molar-refractivity contribution in [3.8, 4) is 0 Å². The molecule has 0 spiro atoms. The zero-order valence-electron chi connectivity index (χ0n) is 20.6. The Morgan fingerprint density at radius 3 is 2.32 bits per heavy atom. The van der Waals surface area contributed by atoms with E-state index in [1.165, 1.54) is 0 Å². The van der Waals surface area contributed by atoms with Gasteiger partial charge in [0.15, 0.2) is 0 Å². The summed E-state index contributed by atoms with van der Waals surface area (Å²) in [6, 6.07) is 0. The van der Waals surface area contributed by atoms with E-state index in [0.29, 0.717) is 18.6 Å². The van der Waals surface area contributed by atoms with Gasteiger partial charge >= 0.3 is 11.9 Å². The summed E-state index contributed by atoms with van der Waals surface area (Å²) in [7, 11) is 3.18. The minimum Gasteiger partial charge on any atom is -0.463 e. The van der Waals surface area contributed by atoms with Crippen molar-refractivity contribution in [2.24, 2.45) is 5.92 Å². The molecule has 0 bridgehead atoms. The first-order valence-electron chi connectivity index (χ1n) is 10.9. The SMILES string of the molecule is CCOC(=O)/C(C)=C/[C@@H](C)[C@H](OCOC)[C@H](/C=C/CCCCC(=O)OC(C)(C)C)OC. The van der Waals surface area contributed by atoms with E-state index in [1.807, 2.05) is 45.9 Å². The van der Waals surface area contributed by atoms with Gasteiger partial charge in [0, 0.05) is 32.1 Å². The van der Waals surface area contributed by atoms with E-state index >= 15 is 0 Å². The van der Waals surface area contributed by atoms with Crippen LogP contribution in [0.15, 0.2) is 23.8 Å². The predicted molar refractivity (Wildman–Crippen MR) is 121 cm³/mol. The maximum Gasteiger partial charge on any atom is 0.333 e. The molecule has 0 rings (SSSR count). The van der Waals surface area contributed by atoms with Crippen LogP contribution in [0, 0.1) is 5.92 Å². The summed E-state index contributed by atoms with van der Waals surface area (Å²) in [4.78, 5) is 23.7. The highest BCUT2D eigenvalue weighted by Crippen LogP contribution is 2.20. The third kappa shape index (κ3) is 14.1. The first-order valence-corrected chi connectivity index (χ1v) is 10.9. The largest absolute Gasteiger partial charge is 0.463 e. The van der Waals surface area contributed by atoms with Crippen molar-refractivity contribution in [1.29, 1.82) is 0 Å². The molecule has 0 fully saturated rings. The average Bonchev–Trinajstić information content (AvgIpc) is 2.67. The number of unbranched alkanes of at least 4 members (excludes halogenated alkanes) is 2. The van der Waals surface area contributed by atoms with Gasteiger partial charge in [0.05, 0.1) is 12.7 Å². The molecule has 0 aromatic rings. The summed E-state index contributed by atoms with van der Waals surface area (Å²) >= 11 is 0. The van der Waals surface area contributed by atoms with Crippen molar-refractivity contribution in [3.63, 3.8) is 0 Å². The molecule has 0 aliphatic rings. The zero-order chi connectivity index (χ0) is 23.9. The van der Waals surface area contributed by atoms with Crippen LogP contribution in [0.2, 0.25) is 0 Å². The number of carbonyl (C=O) groups is 2. The number of hydrogen-bond acceptors (Lipinski definition) is 7. The zero-order valence-corrected chi connectivity index (χ0v) is 20.6. The van der Waals surface area contributed by atoms with Crippen molar-refractivity contribution < 1.29 is 33.3 Å². The Kier molecular flexibility index (Phi) is 15.1. The number of ether oxygens (including phenoxy) is 5. The average molecular weight is 443 g/mol. The molecule has 0 saturated carbocycles. The van der Waals surface area contributed by atoms with Gasteiger partial charge in [0.1, 0.15) is 18.5 Å². The van der Waals surface area contributed by atoms with Gasteiger partial charge in [-0.25, -0.2) is 4.79 Å². The van der Waals surface area contributed by atoms with Gasteiger partial charge < -0.3 is 23.7 Å². The normalized spacial score (nSPS) is 15.5. The molecule has 180 valence electrons. The first-order chi connectivity index (χ1) is 14.6. The van der Waals surface area contributed by atoms with Gasteiger partial charge in [0.2, 0.25) is 0 Å². The van der Waals surface area contributed by atoms with Crippen LogP contribution in [0.5, 0.6) is 0 Å². The van der Waals surface area contributed by atoms with Crippen LogP contribution < -0.4 is 0 Å². The van der Waals surface area contributed by atoms with Gasteiger partial charge in [-0.15, -0.1) is 0 Å². The van der Waals surface area contributed by atoms with Crippen LogP contribution in [-0.2, 0) is 33.3 Å². The lowest BCUT2D eigenvalue weighted by Crippen LogP contribution is -2.35. The summed E-state index contributed by atoms with van der Waals surface area (Å²) in [5.74, 6) is -0.618. The minimum atomic E-state index is -0.448. The topological polar surface area (TPSA) is 80.3 Å². The molecule has 0 aromatic carbocycles. The highest BCUT2D eigenvalue weighted by atomic mass is 16.7. The van der Waals surface area contributed by atoms with Crippen LogP contribution in [-0.4, -0.2) is 57.4 Å². The van der Waals surface area contributed by atoms with Crippen molar-refractivity contribution in [3.05, 3.63) is 23.8 Å².